The zero-order valence-electron chi connectivity index (χ0n) is 36.6. The van der Waals surface area contributed by atoms with E-state index < -0.39 is 43.6 Å². The van der Waals surface area contributed by atoms with Crippen molar-refractivity contribution in [3.8, 4) is 28.0 Å². The fourth-order valence-corrected chi connectivity index (χ4v) is 10.4. The topological polar surface area (TPSA) is 9.23 Å². The third-order valence-electron chi connectivity index (χ3n) is 11.6. The van der Waals surface area contributed by atoms with Crippen molar-refractivity contribution in [3.05, 3.63) is 163 Å². The molecular formula is C53H56F6OSiZr. The second-order valence-corrected chi connectivity index (χ2v) is 18.4. The largest absolute Gasteiger partial charge is 3.00 e. The van der Waals surface area contributed by atoms with Crippen LogP contribution in [0.4, 0.5) is 26.3 Å². The molecule has 1 aliphatic rings. The van der Waals surface area contributed by atoms with Gasteiger partial charge in [0.15, 0.2) is 0 Å². The van der Waals surface area contributed by atoms with Gasteiger partial charge in [0.2, 0.25) is 0 Å². The van der Waals surface area contributed by atoms with E-state index in [1.165, 1.54) is 65.1 Å². The molecule has 324 valence electrons. The molecule has 9 heteroatoms. The summed E-state index contributed by atoms with van der Waals surface area (Å²) in [5.41, 5.74) is 5.00. The number of halogens is 6. The molecule has 0 amide bonds. The van der Waals surface area contributed by atoms with Crippen LogP contribution in [-0.2, 0) is 50.4 Å². The maximum atomic E-state index is 14.1. The molecule has 2 radical (unpaired) electrons. The Morgan fingerprint density at radius 2 is 1.27 bits per heavy atom. The number of hydrogen-bond acceptors (Lipinski definition) is 1. The molecule has 0 saturated carbocycles. The third kappa shape index (κ3) is 10.6. The fourth-order valence-electron chi connectivity index (χ4n) is 8.85. The van der Waals surface area contributed by atoms with Gasteiger partial charge in [-0.1, -0.05) is 186 Å². The molecule has 6 aromatic carbocycles. The van der Waals surface area contributed by atoms with E-state index in [1.54, 1.807) is 6.07 Å². The predicted molar refractivity (Wildman–Crippen MR) is 246 cm³/mol. The molecule has 62 heavy (non-hydrogen) atoms. The van der Waals surface area contributed by atoms with Crippen LogP contribution in [0.3, 0.4) is 0 Å². The van der Waals surface area contributed by atoms with E-state index in [0.29, 0.717) is 5.39 Å². The second kappa shape index (κ2) is 21.5. The van der Waals surface area contributed by atoms with Crippen molar-refractivity contribution >= 4 is 36.4 Å². The fraction of sp³-hybridized carbons (Fsp3) is 0.302. The van der Waals surface area contributed by atoms with Crippen molar-refractivity contribution in [1.29, 1.82) is 0 Å². The van der Waals surface area contributed by atoms with Gasteiger partial charge < -0.3 is 19.1 Å². The van der Waals surface area contributed by atoms with Crippen LogP contribution in [0, 0.1) is 14.4 Å². The molecule has 1 nitrogen and oxygen atoms in total. The van der Waals surface area contributed by atoms with E-state index in [-0.39, 0.29) is 44.6 Å². The van der Waals surface area contributed by atoms with Crippen molar-refractivity contribution in [1.82, 2.24) is 0 Å². The number of aryl methyl sites for hydroxylation is 1. The molecule has 7 rings (SSSR count). The summed E-state index contributed by atoms with van der Waals surface area (Å²) in [6.45, 7) is 13.4. The minimum atomic E-state index is -5.23. The Morgan fingerprint density at radius 1 is 0.661 bits per heavy atom. The first-order chi connectivity index (χ1) is 28.6. The van der Waals surface area contributed by atoms with E-state index in [2.05, 4.69) is 117 Å². The molecule has 1 atom stereocenters. The normalized spacial score (nSPS) is 14.7. The van der Waals surface area contributed by atoms with Gasteiger partial charge in [-0.2, -0.15) is 32.4 Å². The molecule has 6 aromatic rings. The van der Waals surface area contributed by atoms with Crippen LogP contribution in [0.15, 0.2) is 115 Å². The molecular weight excluding hydrogens is 886 g/mol. The average Bonchev–Trinajstić information content (AvgIpc) is 3.76. The number of unbranched alkanes of at least 4 members (excludes halogenated alkanes) is 4. The van der Waals surface area contributed by atoms with E-state index >= 15 is 0 Å². The van der Waals surface area contributed by atoms with Crippen molar-refractivity contribution in [3.63, 3.8) is 0 Å². The van der Waals surface area contributed by atoms with Gasteiger partial charge in [-0.05, 0) is 40.3 Å². The molecule has 0 N–H and O–H groups in total. The molecule has 0 aliphatic heterocycles. The maximum absolute atomic E-state index is 14.1. The molecule has 1 aliphatic carbocycles. The summed E-state index contributed by atoms with van der Waals surface area (Å²) in [4.78, 5) is 0. The van der Waals surface area contributed by atoms with Gasteiger partial charge in [-0.25, -0.2) is 0 Å². The number of hydrogen-bond donors (Lipinski definition) is 0. The molecule has 0 bridgehead atoms. The van der Waals surface area contributed by atoms with Gasteiger partial charge in [0.05, 0.1) is 12.7 Å². The summed E-state index contributed by atoms with van der Waals surface area (Å²) >= 11 is 0. The van der Waals surface area contributed by atoms with Crippen LogP contribution >= 0.6 is 0 Å². The Balaban J connectivity index is 0.000000266. The minimum absolute atomic E-state index is 0. The predicted octanol–water partition coefficient (Wildman–Crippen LogP) is 16.0. The number of alkyl halides is 6. The summed E-state index contributed by atoms with van der Waals surface area (Å²) in [5, 5.41) is 2.52. The van der Waals surface area contributed by atoms with E-state index in [0.717, 1.165) is 61.1 Å². The van der Waals surface area contributed by atoms with Crippen LogP contribution in [0.25, 0.3) is 44.7 Å². The first-order valence-electron chi connectivity index (χ1n) is 20.8. The number of allylic oxidation sites excluding steroid dienone is 1. The van der Waals surface area contributed by atoms with Crippen molar-refractivity contribution < 1.29 is 57.3 Å². The van der Waals surface area contributed by atoms with Crippen LogP contribution in [-0.4, -0.2) is 15.9 Å². The number of ether oxygens (including phenoxy) is 1. The summed E-state index contributed by atoms with van der Waals surface area (Å²) < 4.78 is 88.2. The Morgan fingerprint density at radius 3 is 1.90 bits per heavy atom. The van der Waals surface area contributed by atoms with Crippen LogP contribution in [0.2, 0.25) is 13.1 Å². The van der Waals surface area contributed by atoms with E-state index in [9.17, 15) is 26.3 Å². The number of fused-ring (bicyclic) bond motifs is 2. The summed E-state index contributed by atoms with van der Waals surface area (Å²) in [7, 11) is -0.0224. The maximum Gasteiger partial charge on any atom is 3.00 e. The van der Waals surface area contributed by atoms with Gasteiger partial charge in [-0.3, -0.25) is 0 Å². The Labute approximate surface area is 385 Å². The van der Waals surface area contributed by atoms with Crippen molar-refractivity contribution in [2.24, 2.45) is 0 Å². The Bertz CT molecular complexity index is 2430. The molecule has 0 fully saturated rings. The summed E-state index contributed by atoms with van der Waals surface area (Å²) in [5.74, 6) is -0.847. The quantitative estimate of drug-likeness (QED) is 0.0485. The number of methoxy groups -OCH3 is 1. The standard InChI is InChI=1S/C28H29.C24H24F6OSi.CH3.Zr/c1-3-4-5-13-20-28(2)26-19-12-9-16-23(26)21-27(28)25-18-11-10-17-24(25)22-14-7-6-8-15-22;1-5-6-8-14-13-18-15(9-7-10-17(18)22(14)32(3)4)16-11-12-19(31-2)21(24(28,29)30)20(16)23(25,26)27;;/h6-12,14-19,21H,2-5,13,20H2,1H3;7,9-13H,5-6,8H2,1-4H3;1H3;/q3*-1;+3. The number of benzene rings is 5. The van der Waals surface area contributed by atoms with Gasteiger partial charge in [0.25, 0.3) is 0 Å². The van der Waals surface area contributed by atoms with Gasteiger partial charge in [0.1, 0.15) is 11.3 Å². The smallest absolute Gasteiger partial charge is 0.496 e. The minimum Gasteiger partial charge on any atom is -0.496 e. The molecule has 0 spiro atoms. The molecule has 0 heterocycles. The van der Waals surface area contributed by atoms with Crippen LogP contribution in [0.5, 0.6) is 5.75 Å². The SMILES string of the molecule is CCCCc1cc2c(-c3ccc(OC)c(C(F)(F)F)c3C(F)(F)F)cccc2[c-]1[Si](C)C.[CH2-]C1(CCCCCC)C(c2ccccc2-c2ccccc2)=Cc2ccccc21.[CH3-].[Zr+3]. The first kappa shape index (κ1) is 50.6. The first-order valence-corrected chi connectivity index (χ1v) is 23.3. The van der Waals surface area contributed by atoms with Gasteiger partial charge in [0, 0.05) is 8.80 Å². The molecule has 0 aromatic heterocycles. The van der Waals surface area contributed by atoms with E-state index in [1.807, 2.05) is 12.1 Å². The van der Waals surface area contributed by atoms with Gasteiger partial charge >= 0.3 is 38.6 Å². The van der Waals surface area contributed by atoms with Crippen molar-refractivity contribution in [2.75, 3.05) is 7.11 Å². The van der Waals surface area contributed by atoms with Gasteiger partial charge in [-0.15, -0.1) is 39.1 Å². The van der Waals surface area contributed by atoms with Crippen molar-refractivity contribution in [2.45, 2.75) is 96.1 Å². The third-order valence-corrected chi connectivity index (χ3v) is 13.2. The van der Waals surface area contributed by atoms with Crippen LogP contribution in [0.1, 0.15) is 92.2 Å². The second-order valence-electron chi connectivity index (χ2n) is 15.9. The average molecular weight is 942 g/mol. The molecule has 0 saturated heterocycles. The monoisotopic (exact) mass is 940 g/mol. The Hall–Kier alpha value is -4.07. The summed E-state index contributed by atoms with van der Waals surface area (Å²) in [6.07, 6.45) is 0.782. The Kier molecular flexibility index (Phi) is 17.6. The molecule has 1 unspecified atom stereocenters. The zero-order chi connectivity index (χ0) is 43.2. The summed E-state index contributed by atoms with van der Waals surface area (Å²) in [6, 6.07) is 37.2. The number of rotatable bonds is 13. The zero-order valence-corrected chi connectivity index (χ0v) is 40.0. The van der Waals surface area contributed by atoms with E-state index in [4.69, 9.17) is 6.92 Å². The van der Waals surface area contributed by atoms with Crippen LogP contribution < -0.4 is 9.92 Å².